The van der Waals surface area contributed by atoms with Gasteiger partial charge in [-0.1, -0.05) is 0 Å². The van der Waals surface area contributed by atoms with E-state index in [4.69, 9.17) is 10.5 Å². The predicted molar refractivity (Wildman–Crippen MR) is 70.3 cm³/mol. The lowest BCUT2D eigenvalue weighted by molar-refractivity contribution is 0.415. The fraction of sp³-hybridized carbons (Fsp3) is 0.182. The highest BCUT2D eigenvalue weighted by molar-refractivity contribution is 7.92. The fourth-order valence-electron chi connectivity index (χ4n) is 1.54. The van der Waals surface area contributed by atoms with E-state index in [1.807, 2.05) is 0 Å². The van der Waals surface area contributed by atoms with E-state index in [0.717, 1.165) is 0 Å². The smallest absolute Gasteiger partial charge is 0.279 e. The Morgan fingerprint density at radius 3 is 2.63 bits per heavy atom. The van der Waals surface area contributed by atoms with Gasteiger partial charge in [0.25, 0.3) is 10.0 Å². The third-order valence-corrected chi connectivity index (χ3v) is 3.90. The number of nitrogens with two attached hydrogens (primary N) is 1. The number of ether oxygens (including phenoxy) is 1. The van der Waals surface area contributed by atoms with E-state index in [1.165, 1.54) is 13.3 Å². The van der Waals surface area contributed by atoms with Crippen molar-refractivity contribution in [3.63, 3.8) is 0 Å². The zero-order chi connectivity index (χ0) is 13.9. The maximum absolute atomic E-state index is 12.1. The van der Waals surface area contributed by atoms with Gasteiger partial charge in [-0.3, -0.25) is 9.82 Å². The van der Waals surface area contributed by atoms with Gasteiger partial charge >= 0.3 is 0 Å². The van der Waals surface area contributed by atoms with Crippen molar-refractivity contribution < 1.29 is 13.2 Å². The minimum absolute atomic E-state index is 0.0224. The molecule has 0 fully saturated rings. The fourth-order valence-corrected chi connectivity index (χ4v) is 2.75. The molecule has 0 aliphatic carbocycles. The molecule has 0 unspecified atom stereocenters. The second-order valence-electron chi connectivity index (χ2n) is 3.76. The molecular weight excluding hydrogens is 268 g/mol. The van der Waals surface area contributed by atoms with Crippen LogP contribution in [-0.4, -0.2) is 25.7 Å². The first-order chi connectivity index (χ1) is 9.06. The highest BCUT2D eigenvalue weighted by atomic mass is 32.2. The van der Waals surface area contributed by atoms with E-state index in [0.29, 0.717) is 17.0 Å². The summed E-state index contributed by atoms with van der Waals surface area (Å²) in [6, 6.07) is 6.53. The summed E-state index contributed by atoms with van der Waals surface area (Å²) < 4.78 is 31.7. The third kappa shape index (κ3) is 2.85. The molecule has 1 aromatic carbocycles. The monoisotopic (exact) mass is 282 g/mol. The third-order valence-electron chi connectivity index (χ3n) is 2.51. The minimum Gasteiger partial charge on any atom is -0.497 e. The van der Waals surface area contributed by atoms with E-state index in [-0.39, 0.29) is 11.6 Å². The molecule has 7 nitrogen and oxygen atoms in total. The van der Waals surface area contributed by atoms with E-state index in [2.05, 4.69) is 14.9 Å². The van der Waals surface area contributed by atoms with Crippen LogP contribution in [0.5, 0.6) is 5.75 Å². The number of hydrogen-bond donors (Lipinski definition) is 3. The lowest BCUT2D eigenvalue weighted by Crippen LogP contribution is -2.16. The van der Waals surface area contributed by atoms with Crippen LogP contribution in [0.1, 0.15) is 5.56 Å². The minimum atomic E-state index is -3.72. The quantitative estimate of drug-likeness (QED) is 0.747. The molecule has 4 N–H and O–H groups in total. The first kappa shape index (κ1) is 13.4. The Hall–Kier alpha value is -2.06. The van der Waals surface area contributed by atoms with E-state index in [1.54, 1.807) is 24.3 Å². The molecule has 2 rings (SSSR count). The lowest BCUT2D eigenvalue weighted by atomic mass is 10.3. The van der Waals surface area contributed by atoms with Gasteiger partial charge in [0.1, 0.15) is 5.75 Å². The zero-order valence-corrected chi connectivity index (χ0v) is 11.1. The number of nitrogens with zero attached hydrogens (tertiary/aromatic N) is 1. The van der Waals surface area contributed by atoms with Crippen LogP contribution in [0, 0.1) is 0 Å². The lowest BCUT2D eigenvalue weighted by Gasteiger charge is -2.08. The van der Waals surface area contributed by atoms with Gasteiger partial charge in [0.05, 0.1) is 13.3 Å². The number of nitrogens with one attached hydrogen (secondary N) is 2. The summed E-state index contributed by atoms with van der Waals surface area (Å²) >= 11 is 0. The van der Waals surface area contributed by atoms with Crippen LogP contribution in [0.2, 0.25) is 0 Å². The molecule has 2 aromatic rings. The molecule has 0 aliphatic heterocycles. The summed E-state index contributed by atoms with van der Waals surface area (Å²) in [6.07, 6.45) is 1.39. The Bertz CT molecular complexity index is 649. The van der Waals surface area contributed by atoms with Crippen LogP contribution in [0.4, 0.5) is 5.69 Å². The molecule has 19 heavy (non-hydrogen) atoms. The predicted octanol–water partition coefficient (Wildman–Crippen LogP) is 0.678. The number of methoxy groups -OCH3 is 1. The summed E-state index contributed by atoms with van der Waals surface area (Å²) in [6.45, 7) is 0.0926. The van der Waals surface area contributed by atoms with Crippen LogP contribution >= 0.6 is 0 Å². The van der Waals surface area contributed by atoms with E-state index < -0.39 is 10.0 Å². The molecule has 102 valence electrons. The number of aromatic amines is 1. The Kier molecular flexibility index (Phi) is 3.72. The zero-order valence-electron chi connectivity index (χ0n) is 10.3. The standard InChI is InChI=1S/C11H14N4O3S/c1-18-10-4-2-9(3-5-10)15-19(16,17)11-8(6-12)7-13-14-11/h2-5,7,15H,6,12H2,1H3,(H,13,14). The molecule has 0 bridgehead atoms. The number of rotatable bonds is 5. The van der Waals surface area contributed by atoms with Crippen molar-refractivity contribution in [2.75, 3.05) is 11.8 Å². The van der Waals surface area contributed by atoms with Crippen LogP contribution in [-0.2, 0) is 16.6 Å². The van der Waals surface area contributed by atoms with Crippen molar-refractivity contribution in [2.24, 2.45) is 5.73 Å². The summed E-state index contributed by atoms with van der Waals surface area (Å²) in [5.41, 5.74) is 6.31. The van der Waals surface area contributed by atoms with Gasteiger partial charge < -0.3 is 10.5 Å². The van der Waals surface area contributed by atoms with Gasteiger partial charge in [-0.2, -0.15) is 13.5 Å². The van der Waals surface area contributed by atoms with Gasteiger partial charge in [-0.05, 0) is 24.3 Å². The summed E-state index contributed by atoms with van der Waals surface area (Å²) in [7, 11) is -2.18. The van der Waals surface area contributed by atoms with Gasteiger partial charge in [0, 0.05) is 17.8 Å². The SMILES string of the molecule is COc1ccc(NS(=O)(=O)c2[nH]ncc2CN)cc1. The second-order valence-corrected chi connectivity index (χ2v) is 5.38. The van der Waals surface area contributed by atoms with Crippen LogP contribution < -0.4 is 15.2 Å². The normalized spacial score (nSPS) is 11.3. The number of aromatic nitrogens is 2. The molecule has 0 spiro atoms. The van der Waals surface area contributed by atoms with E-state index in [9.17, 15) is 8.42 Å². The maximum Gasteiger partial charge on any atom is 0.279 e. The van der Waals surface area contributed by atoms with Gasteiger partial charge in [0.2, 0.25) is 0 Å². The van der Waals surface area contributed by atoms with Crippen molar-refractivity contribution in [3.05, 3.63) is 36.0 Å². The number of benzene rings is 1. The van der Waals surface area contributed by atoms with E-state index >= 15 is 0 Å². The molecule has 0 saturated carbocycles. The van der Waals surface area contributed by atoms with Crippen molar-refractivity contribution in [1.82, 2.24) is 10.2 Å². The van der Waals surface area contributed by atoms with Crippen molar-refractivity contribution in [1.29, 1.82) is 0 Å². The Balaban J connectivity index is 2.26. The Morgan fingerprint density at radius 2 is 2.05 bits per heavy atom. The highest BCUT2D eigenvalue weighted by Gasteiger charge is 2.20. The Labute approximate surface area is 110 Å². The van der Waals surface area contributed by atoms with Gasteiger partial charge in [-0.15, -0.1) is 0 Å². The number of sulfonamides is 1. The van der Waals surface area contributed by atoms with Gasteiger partial charge in [-0.25, -0.2) is 0 Å². The van der Waals surface area contributed by atoms with Gasteiger partial charge in [0.15, 0.2) is 5.03 Å². The summed E-state index contributed by atoms with van der Waals surface area (Å²) in [5.74, 6) is 0.645. The van der Waals surface area contributed by atoms with Crippen molar-refractivity contribution >= 4 is 15.7 Å². The number of H-pyrrole nitrogens is 1. The molecule has 0 saturated heterocycles. The topological polar surface area (TPSA) is 110 Å². The molecule has 0 radical (unpaired) electrons. The van der Waals surface area contributed by atoms with Crippen LogP contribution in [0.25, 0.3) is 0 Å². The first-order valence-electron chi connectivity index (χ1n) is 5.46. The molecule has 1 heterocycles. The molecule has 0 aliphatic rings. The Morgan fingerprint density at radius 1 is 1.37 bits per heavy atom. The maximum atomic E-state index is 12.1. The average Bonchev–Trinajstić information content (AvgIpc) is 2.88. The molecule has 0 atom stereocenters. The first-order valence-corrected chi connectivity index (χ1v) is 6.94. The molecule has 1 aromatic heterocycles. The molecule has 0 amide bonds. The molecular formula is C11H14N4O3S. The average molecular weight is 282 g/mol. The highest BCUT2D eigenvalue weighted by Crippen LogP contribution is 2.19. The largest absolute Gasteiger partial charge is 0.497 e. The number of anilines is 1. The van der Waals surface area contributed by atoms with Crippen LogP contribution in [0.3, 0.4) is 0 Å². The van der Waals surface area contributed by atoms with Crippen molar-refractivity contribution in [2.45, 2.75) is 11.6 Å². The summed E-state index contributed by atoms with van der Waals surface area (Å²) in [4.78, 5) is 0. The second kappa shape index (κ2) is 5.29. The van der Waals surface area contributed by atoms with Crippen LogP contribution in [0.15, 0.2) is 35.5 Å². The van der Waals surface area contributed by atoms with Crippen molar-refractivity contribution in [3.8, 4) is 5.75 Å². The summed E-state index contributed by atoms with van der Waals surface area (Å²) in [5, 5.41) is 6.10. The molecule has 8 heteroatoms. The number of hydrogen-bond acceptors (Lipinski definition) is 5.